The molecule has 0 saturated heterocycles. The minimum absolute atomic E-state index is 0.0686. The van der Waals surface area contributed by atoms with E-state index in [1.54, 1.807) is 18.3 Å². The second-order valence-electron chi connectivity index (χ2n) is 3.32. The van der Waals surface area contributed by atoms with Crippen LogP contribution < -0.4 is 5.01 Å². The van der Waals surface area contributed by atoms with E-state index in [0.717, 1.165) is 0 Å². The molecule has 0 aliphatic heterocycles. The summed E-state index contributed by atoms with van der Waals surface area (Å²) in [5, 5.41) is 16.1. The van der Waals surface area contributed by atoms with Crippen LogP contribution in [0.1, 0.15) is 0 Å². The van der Waals surface area contributed by atoms with Crippen LogP contribution in [0.15, 0.2) is 23.4 Å². The number of nitro groups is 1. The maximum Gasteiger partial charge on any atom is 0.313 e. The van der Waals surface area contributed by atoms with Crippen LogP contribution in [0.3, 0.4) is 0 Å². The summed E-state index contributed by atoms with van der Waals surface area (Å²) in [6.07, 6.45) is 3.03. The minimum Gasteiger partial charge on any atom is -0.367 e. The lowest BCUT2D eigenvalue weighted by molar-refractivity contribution is -0.384. The lowest BCUT2D eigenvalue weighted by Gasteiger charge is -2.12. The van der Waals surface area contributed by atoms with E-state index in [0.29, 0.717) is 0 Å². The number of aromatic nitrogens is 1. The summed E-state index contributed by atoms with van der Waals surface area (Å²) < 4.78 is 0. The molecule has 7 heteroatoms. The van der Waals surface area contributed by atoms with E-state index in [9.17, 15) is 10.1 Å². The number of pyridine rings is 1. The number of rotatable bonds is 4. The third-order valence-electron chi connectivity index (χ3n) is 1.73. The third kappa shape index (κ3) is 2.91. The van der Waals surface area contributed by atoms with Crippen molar-refractivity contribution in [2.45, 2.75) is 0 Å². The Bertz CT molecular complexity index is 405. The molecule has 1 aromatic rings. The van der Waals surface area contributed by atoms with Crippen molar-refractivity contribution in [3.63, 3.8) is 0 Å². The minimum atomic E-state index is -0.482. The summed E-state index contributed by atoms with van der Waals surface area (Å²) in [7, 11) is 5.23. The van der Waals surface area contributed by atoms with Crippen LogP contribution in [-0.4, -0.2) is 42.3 Å². The van der Waals surface area contributed by atoms with Crippen LogP contribution in [-0.2, 0) is 0 Å². The van der Waals surface area contributed by atoms with Crippen molar-refractivity contribution >= 4 is 17.8 Å². The van der Waals surface area contributed by atoms with E-state index in [-0.39, 0.29) is 11.5 Å². The van der Waals surface area contributed by atoms with Gasteiger partial charge in [0.05, 0.1) is 4.92 Å². The van der Waals surface area contributed by atoms with E-state index >= 15 is 0 Å². The molecule has 0 atom stereocenters. The SMILES string of the molecule is CN(C)/C=N\N(C)c1ncccc1[N+](=O)[O-]. The summed E-state index contributed by atoms with van der Waals surface area (Å²) in [6.45, 7) is 0. The number of hydrazone groups is 1. The topological polar surface area (TPSA) is 74.9 Å². The molecule has 0 fully saturated rings. The molecular formula is C9H13N5O2. The molecule has 0 saturated carbocycles. The van der Waals surface area contributed by atoms with Crippen LogP contribution in [0.5, 0.6) is 0 Å². The Morgan fingerprint density at radius 1 is 1.50 bits per heavy atom. The van der Waals surface area contributed by atoms with Crippen LogP contribution in [0.25, 0.3) is 0 Å². The van der Waals surface area contributed by atoms with E-state index in [1.807, 2.05) is 14.1 Å². The van der Waals surface area contributed by atoms with E-state index in [4.69, 9.17) is 0 Å². The Hall–Kier alpha value is -2.18. The molecule has 0 aliphatic rings. The molecule has 0 spiro atoms. The highest BCUT2D eigenvalue weighted by atomic mass is 16.6. The van der Waals surface area contributed by atoms with Gasteiger partial charge in [0.1, 0.15) is 6.34 Å². The zero-order chi connectivity index (χ0) is 12.1. The number of nitrogens with zero attached hydrogens (tertiary/aromatic N) is 5. The highest BCUT2D eigenvalue weighted by Crippen LogP contribution is 2.23. The van der Waals surface area contributed by atoms with Crippen LogP contribution in [0.2, 0.25) is 0 Å². The fourth-order valence-electron chi connectivity index (χ4n) is 1.02. The van der Waals surface area contributed by atoms with Gasteiger partial charge in [-0.2, -0.15) is 5.10 Å². The Morgan fingerprint density at radius 3 is 2.75 bits per heavy atom. The number of hydrogen-bond donors (Lipinski definition) is 0. The fourth-order valence-corrected chi connectivity index (χ4v) is 1.02. The average molecular weight is 223 g/mol. The lowest BCUT2D eigenvalue weighted by atomic mass is 10.4. The molecule has 0 amide bonds. The van der Waals surface area contributed by atoms with Crippen LogP contribution in [0, 0.1) is 10.1 Å². The van der Waals surface area contributed by atoms with Gasteiger partial charge >= 0.3 is 5.69 Å². The number of hydrogen-bond acceptors (Lipinski definition) is 5. The van der Waals surface area contributed by atoms with E-state index in [2.05, 4.69) is 10.1 Å². The monoisotopic (exact) mass is 223 g/mol. The van der Waals surface area contributed by atoms with Gasteiger partial charge in [0.15, 0.2) is 0 Å². The molecule has 0 aromatic carbocycles. The second-order valence-corrected chi connectivity index (χ2v) is 3.32. The molecule has 0 unspecified atom stereocenters. The zero-order valence-electron chi connectivity index (χ0n) is 9.36. The van der Waals surface area contributed by atoms with Crippen molar-refractivity contribution in [1.82, 2.24) is 9.88 Å². The van der Waals surface area contributed by atoms with Gasteiger partial charge in [0, 0.05) is 33.4 Å². The van der Waals surface area contributed by atoms with E-state index < -0.39 is 4.92 Å². The molecule has 16 heavy (non-hydrogen) atoms. The standard InChI is InChI=1S/C9H13N5O2/c1-12(2)7-11-13(3)9-8(14(15)16)5-4-6-10-9/h4-7H,1-3H3/b11-7-. The summed E-state index contributed by atoms with van der Waals surface area (Å²) in [4.78, 5) is 15.9. The Morgan fingerprint density at radius 2 is 2.19 bits per heavy atom. The molecular weight excluding hydrogens is 210 g/mol. The van der Waals surface area contributed by atoms with Crippen molar-refractivity contribution in [1.29, 1.82) is 0 Å². The fraction of sp³-hybridized carbons (Fsp3) is 0.333. The zero-order valence-corrected chi connectivity index (χ0v) is 9.36. The normalized spacial score (nSPS) is 10.4. The summed E-state index contributed by atoms with van der Waals surface area (Å²) in [6, 6.07) is 2.91. The average Bonchev–Trinajstić information content (AvgIpc) is 2.25. The first kappa shape index (κ1) is 11.9. The Balaban J connectivity index is 2.99. The molecule has 0 bridgehead atoms. The predicted molar refractivity (Wildman–Crippen MR) is 61.5 cm³/mol. The predicted octanol–water partition coefficient (Wildman–Crippen LogP) is 0.931. The molecule has 86 valence electrons. The van der Waals surface area contributed by atoms with Gasteiger partial charge in [0.25, 0.3) is 0 Å². The van der Waals surface area contributed by atoms with E-state index in [1.165, 1.54) is 23.3 Å². The molecule has 1 rings (SSSR count). The maximum atomic E-state index is 10.7. The van der Waals surface area contributed by atoms with Gasteiger partial charge in [-0.3, -0.25) is 10.1 Å². The number of anilines is 1. The maximum absolute atomic E-state index is 10.7. The van der Waals surface area contributed by atoms with Crippen molar-refractivity contribution in [3.05, 3.63) is 28.4 Å². The summed E-state index contributed by atoms with van der Waals surface area (Å²) >= 11 is 0. The largest absolute Gasteiger partial charge is 0.367 e. The van der Waals surface area contributed by atoms with Gasteiger partial charge in [-0.25, -0.2) is 9.99 Å². The van der Waals surface area contributed by atoms with Gasteiger partial charge in [-0.15, -0.1) is 0 Å². The smallest absolute Gasteiger partial charge is 0.313 e. The van der Waals surface area contributed by atoms with Crippen molar-refractivity contribution in [3.8, 4) is 0 Å². The first-order chi connectivity index (χ1) is 7.52. The van der Waals surface area contributed by atoms with Gasteiger partial charge < -0.3 is 4.90 Å². The quantitative estimate of drug-likeness (QED) is 0.328. The van der Waals surface area contributed by atoms with Gasteiger partial charge in [-0.05, 0) is 6.07 Å². The van der Waals surface area contributed by atoms with Gasteiger partial charge in [-0.1, -0.05) is 0 Å². The molecule has 0 N–H and O–H groups in total. The second kappa shape index (κ2) is 5.06. The lowest BCUT2D eigenvalue weighted by Crippen LogP contribution is -2.17. The molecule has 0 aliphatic carbocycles. The Kier molecular flexibility index (Phi) is 3.76. The molecule has 1 aromatic heterocycles. The highest BCUT2D eigenvalue weighted by Gasteiger charge is 2.17. The summed E-state index contributed by atoms with van der Waals surface area (Å²) in [5.41, 5.74) is -0.0686. The van der Waals surface area contributed by atoms with Crippen molar-refractivity contribution < 1.29 is 4.92 Å². The van der Waals surface area contributed by atoms with Crippen LogP contribution >= 0.6 is 0 Å². The first-order valence-corrected chi connectivity index (χ1v) is 4.56. The molecule has 0 radical (unpaired) electrons. The van der Waals surface area contributed by atoms with Gasteiger partial charge in [0.2, 0.25) is 5.82 Å². The Labute approximate surface area is 93.1 Å². The first-order valence-electron chi connectivity index (χ1n) is 4.56. The summed E-state index contributed by atoms with van der Waals surface area (Å²) in [5.74, 6) is 0.214. The van der Waals surface area contributed by atoms with Crippen molar-refractivity contribution in [2.24, 2.45) is 5.10 Å². The van der Waals surface area contributed by atoms with Crippen LogP contribution in [0.4, 0.5) is 11.5 Å². The third-order valence-corrected chi connectivity index (χ3v) is 1.73. The van der Waals surface area contributed by atoms with Crippen molar-refractivity contribution in [2.75, 3.05) is 26.2 Å². The highest BCUT2D eigenvalue weighted by molar-refractivity contribution is 5.61. The molecule has 7 nitrogen and oxygen atoms in total. The molecule has 1 heterocycles.